The predicted octanol–water partition coefficient (Wildman–Crippen LogP) is 6.61. The molecule has 124 valence electrons. The van der Waals surface area contributed by atoms with Gasteiger partial charge in [-0.15, -0.1) is 0 Å². The second kappa shape index (κ2) is 5.73. The Balaban J connectivity index is 1.78. The van der Waals surface area contributed by atoms with Gasteiger partial charge in [-0.05, 0) is 60.9 Å². The number of hydrogen-bond donors (Lipinski definition) is 0. The average Bonchev–Trinajstić information content (AvgIpc) is 3.31. The maximum absolute atomic E-state index is 5.85. The first kappa shape index (κ1) is 14.7. The Morgan fingerprint density at radius 3 is 2.72 bits per heavy atom. The Kier molecular flexibility index (Phi) is 3.37. The van der Waals surface area contributed by atoms with Crippen LogP contribution in [0, 0.1) is 6.92 Å². The van der Waals surface area contributed by atoms with Crippen LogP contribution in [-0.4, -0.2) is 4.98 Å². The molecule has 2 heteroatoms. The van der Waals surface area contributed by atoms with E-state index in [1.54, 1.807) is 6.26 Å². The van der Waals surface area contributed by atoms with Crippen LogP contribution >= 0.6 is 0 Å². The fourth-order valence-electron chi connectivity index (χ4n) is 4.29. The average molecular weight is 327 g/mol. The predicted molar refractivity (Wildman–Crippen MR) is 103 cm³/mol. The Morgan fingerprint density at radius 1 is 0.960 bits per heavy atom. The summed E-state index contributed by atoms with van der Waals surface area (Å²) in [4.78, 5) is 4.74. The molecule has 5 rings (SSSR count). The van der Waals surface area contributed by atoms with Gasteiger partial charge in [-0.1, -0.05) is 36.6 Å². The van der Waals surface area contributed by atoms with Crippen molar-refractivity contribution in [2.75, 3.05) is 0 Å². The highest BCUT2D eigenvalue weighted by molar-refractivity contribution is 6.02. The molecule has 1 fully saturated rings. The summed E-state index contributed by atoms with van der Waals surface area (Å²) in [5, 5.41) is 3.61. The monoisotopic (exact) mass is 327 g/mol. The molecular formula is C23H21NO. The number of fused-ring (bicyclic) bond motifs is 2. The molecule has 0 amide bonds. The first-order valence-corrected chi connectivity index (χ1v) is 9.16. The molecule has 0 radical (unpaired) electrons. The van der Waals surface area contributed by atoms with Gasteiger partial charge in [0.1, 0.15) is 5.58 Å². The molecule has 2 heterocycles. The van der Waals surface area contributed by atoms with Crippen molar-refractivity contribution >= 4 is 21.7 Å². The molecule has 0 aliphatic heterocycles. The van der Waals surface area contributed by atoms with Crippen LogP contribution in [-0.2, 0) is 0 Å². The lowest BCUT2D eigenvalue weighted by Gasteiger charge is -2.13. The van der Waals surface area contributed by atoms with Crippen LogP contribution in [0.15, 0.2) is 59.3 Å². The van der Waals surface area contributed by atoms with Crippen LogP contribution < -0.4 is 0 Å². The van der Waals surface area contributed by atoms with Crippen molar-refractivity contribution in [3.63, 3.8) is 0 Å². The van der Waals surface area contributed by atoms with Crippen molar-refractivity contribution in [2.45, 2.75) is 38.5 Å². The van der Waals surface area contributed by atoms with Crippen molar-refractivity contribution < 1.29 is 4.42 Å². The second-order valence-corrected chi connectivity index (χ2v) is 7.27. The maximum atomic E-state index is 5.85. The summed E-state index contributed by atoms with van der Waals surface area (Å²) >= 11 is 0. The van der Waals surface area contributed by atoms with Crippen molar-refractivity contribution in [2.24, 2.45) is 0 Å². The fourth-order valence-corrected chi connectivity index (χ4v) is 4.29. The third-order valence-electron chi connectivity index (χ3n) is 5.58. The summed E-state index contributed by atoms with van der Waals surface area (Å²) in [5.41, 5.74) is 5.80. The number of hydrogen-bond acceptors (Lipinski definition) is 2. The molecule has 1 saturated carbocycles. The van der Waals surface area contributed by atoms with Gasteiger partial charge in [-0.25, -0.2) is 0 Å². The van der Waals surface area contributed by atoms with E-state index in [1.807, 2.05) is 6.20 Å². The molecule has 2 aromatic heterocycles. The molecule has 0 spiro atoms. The van der Waals surface area contributed by atoms with Gasteiger partial charge in [0, 0.05) is 22.5 Å². The van der Waals surface area contributed by atoms with Crippen LogP contribution in [0.2, 0.25) is 0 Å². The molecule has 2 aromatic carbocycles. The van der Waals surface area contributed by atoms with Crippen molar-refractivity contribution in [3.8, 4) is 11.3 Å². The van der Waals surface area contributed by atoms with Gasteiger partial charge in [0.25, 0.3) is 0 Å². The van der Waals surface area contributed by atoms with E-state index in [0.29, 0.717) is 5.92 Å². The van der Waals surface area contributed by atoms with E-state index in [0.717, 1.165) is 16.8 Å². The van der Waals surface area contributed by atoms with Crippen LogP contribution in [0.25, 0.3) is 33.0 Å². The van der Waals surface area contributed by atoms with Gasteiger partial charge in [0.05, 0.1) is 12.0 Å². The number of benzene rings is 2. The molecule has 0 N–H and O–H groups in total. The number of pyridine rings is 1. The summed E-state index contributed by atoms with van der Waals surface area (Å²) in [7, 11) is 0. The van der Waals surface area contributed by atoms with Gasteiger partial charge in [-0.3, -0.25) is 4.98 Å². The summed E-state index contributed by atoms with van der Waals surface area (Å²) in [5.74, 6) is 0.676. The number of aryl methyl sites for hydroxylation is 1. The first-order chi connectivity index (χ1) is 12.3. The highest BCUT2D eigenvalue weighted by Gasteiger charge is 2.20. The third kappa shape index (κ3) is 2.44. The van der Waals surface area contributed by atoms with Gasteiger partial charge in [0.15, 0.2) is 0 Å². The zero-order valence-corrected chi connectivity index (χ0v) is 14.5. The Morgan fingerprint density at radius 2 is 1.84 bits per heavy atom. The number of aromatic nitrogens is 1. The molecule has 0 unspecified atom stereocenters. The number of nitrogens with zero attached hydrogens (tertiary/aromatic N) is 1. The van der Waals surface area contributed by atoms with E-state index in [2.05, 4.69) is 49.4 Å². The summed E-state index contributed by atoms with van der Waals surface area (Å²) in [6, 6.07) is 15.4. The molecule has 0 saturated heterocycles. The highest BCUT2D eigenvalue weighted by Crippen LogP contribution is 2.40. The molecule has 25 heavy (non-hydrogen) atoms. The Hall–Kier alpha value is -2.61. The molecular weight excluding hydrogens is 306 g/mol. The minimum absolute atomic E-state index is 0.676. The first-order valence-electron chi connectivity index (χ1n) is 9.16. The van der Waals surface area contributed by atoms with E-state index in [4.69, 9.17) is 9.40 Å². The van der Waals surface area contributed by atoms with Crippen molar-refractivity contribution in [1.29, 1.82) is 0 Å². The topological polar surface area (TPSA) is 26.0 Å². The van der Waals surface area contributed by atoms with Crippen LogP contribution in [0.1, 0.15) is 42.7 Å². The van der Waals surface area contributed by atoms with Crippen LogP contribution in [0.3, 0.4) is 0 Å². The number of rotatable bonds is 2. The smallest absolute Gasteiger partial charge is 0.143 e. The van der Waals surface area contributed by atoms with Crippen LogP contribution in [0.5, 0.6) is 0 Å². The second-order valence-electron chi connectivity index (χ2n) is 7.27. The van der Waals surface area contributed by atoms with Crippen LogP contribution in [0.4, 0.5) is 0 Å². The fraction of sp³-hybridized carbons (Fsp3) is 0.261. The van der Waals surface area contributed by atoms with Gasteiger partial charge >= 0.3 is 0 Å². The van der Waals surface area contributed by atoms with Gasteiger partial charge in [0.2, 0.25) is 0 Å². The number of furan rings is 1. The SMILES string of the molecule is Cc1ccc2c(-c3cc(C4CCCC4)cc4ccoc34)nccc2c1. The largest absolute Gasteiger partial charge is 0.464 e. The Bertz CT molecular complexity index is 1070. The van der Waals surface area contributed by atoms with E-state index in [1.165, 1.54) is 53.0 Å². The lowest BCUT2D eigenvalue weighted by molar-refractivity contribution is 0.616. The van der Waals surface area contributed by atoms with E-state index < -0.39 is 0 Å². The normalized spacial score (nSPS) is 15.4. The quantitative estimate of drug-likeness (QED) is 0.414. The van der Waals surface area contributed by atoms with Crippen molar-refractivity contribution in [1.82, 2.24) is 4.98 Å². The zero-order chi connectivity index (χ0) is 16.8. The zero-order valence-electron chi connectivity index (χ0n) is 14.5. The van der Waals surface area contributed by atoms with E-state index >= 15 is 0 Å². The van der Waals surface area contributed by atoms with Gasteiger partial charge < -0.3 is 4.42 Å². The molecule has 1 aliphatic carbocycles. The summed E-state index contributed by atoms with van der Waals surface area (Å²) in [6.07, 6.45) is 8.98. The summed E-state index contributed by atoms with van der Waals surface area (Å²) in [6.45, 7) is 2.13. The van der Waals surface area contributed by atoms with E-state index in [-0.39, 0.29) is 0 Å². The van der Waals surface area contributed by atoms with Gasteiger partial charge in [-0.2, -0.15) is 0 Å². The molecule has 1 aliphatic rings. The van der Waals surface area contributed by atoms with E-state index in [9.17, 15) is 0 Å². The molecule has 2 nitrogen and oxygen atoms in total. The minimum atomic E-state index is 0.676. The third-order valence-corrected chi connectivity index (χ3v) is 5.58. The molecule has 0 bridgehead atoms. The minimum Gasteiger partial charge on any atom is -0.464 e. The maximum Gasteiger partial charge on any atom is 0.143 e. The molecule has 0 atom stereocenters. The van der Waals surface area contributed by atoms with Crippen molar-refractivity contribution in [3.05, 3.63) is 66.1 Å². The lowest BCUT2D eigenvalue weighted by atomic mass is 9.92. The standard InChI is InChI=1S/C23H21NO/c1-15-6-7-20-17(12-15)8-10-24-22(20)21-14-19(16-4-2-3-5-16)13-18-9-11-25-23(18)21/h6-14,16H,2-5H2,1H3. The molecule has 4 aromatic rings. The summed E-state index contributed by atoms with van der Waals surface area (Å²) < 4.78 is 5.85. The Labute approximate surface area is 147 Å². The lowest BCUT2D eigenvalue weighted by Crippen LogP contribution is -1.94. The highest BCUT2D eigenvalue weighted by atomic mass is 16.3.